The fraction of sp³-hybridized carbons (Fsp3) is 0.0769. The van der Waals surface area contributed by atoms with Crippen LogP contribution in [0.15, 0.2) is 36.7 Å². The molecule has 1 amide bonds. The van der Waals surface area contributed by atoms with Crippen molar-refractivity contribution < 1.29 is 4.79 Å². The van der Waals surface area contributed by atoms with Gasteiger partial charge in [-0.05, 0) is 29.8 Å². The number of tetrazole rings is 1. The van der Waals surface area contributed by atoms with Crippen LogP contribution in [-0.4, -0.2) is 36.5 Å². The number of anilines is 3. The summed E-state index contributed by atoms with van der Waals surface area (Å²) in [5, 5.41) is 18.4. The van der Waals surface area contributed by atoms with E-state index in [-0.39, 0.29) is 11.6 Å². The van der Waals surface area contributed by atoms with Gasteiger partial charge < -0.3 is 5.32 Å². The molecule has 110 valence electrons. The van der Waals surface area contributed by atoms with Gasteiger partial charge in [-0.1, -0.05) is 17.2 Å². The molecule has 9 nitrogen and oxygen atoms in total. The summed E-state index contributed by atoms with van der Waals surface area (Å²) in [7, 11) is 0. The first-order chi connectivity index (χ1) is 10.7. The molecule has 0 saturated carbocycles. The molecule has 0 bridgehead atoms. The van der Waals surface area contributed by atoms with E-state index >= 15 is 0 Å². The van der Waals surface area contributed by atoms with Crippen LogP contribution >= 0.6 is 0 Å². The molecule has 3 rings (SSSR count). The van der Waals surface area contributed by atoms with E-state index in [1.165, 1.54) is 12.4 Å². The maximum absolute atomic E-state index is 12.0. The van der Waals surface area contributed by atoms with Crippen molar-refractivity contribution in [1.82, 2.24) is 30.6 Å². The molecule has 3 aromatic rings. The number of hydrogen-bond donors (Lipinski definition) is 3. The molecule has 0 radical (unpaired) electrons. The Bertz CT molecular complexity index is 786. The number of carbonyl (C=O) groups excluding carboxylic acids is 1. The molecular weight excluding hydrogens is 284 g/mol. The van der Waals surface area contributed by atoms with Crippen molar-refractivity contribution in [1.29, 1.82) is 0 Å². The zero-order valence-electron chi connectivity index (χ0n) is 11.6. The van der Waals surface area contributed by atoms with E-state index in [2.05, 4.69) is 41.2 Å². The van der Waals surface area contributed by atoms with Gasteiger partial charge in [0, 0.05) is 5.69 Å². The van der Waals surface area contributed by atoms with Crippen molar-refractivity contribution in [3.8, 4) is 0 Å². The number of nitrogens with one attached hydrogen (secondary N) is 3. The first kappa shape index (κ1) is 13.6. The average molecular weight is 296 g/mol. The maximum Gasteiger partial charge on any atom is 0.278 e. The molecule has 0 aliphatic rings. The number of amides is 1. The van der Waals surface area contributed by atoms with E-state index < -0.39 is 5.91 Å². The van der Waals surface area contributed by atoms with Gasteiger partial charge in [-0.25, -0.2) is 4.98 Å². The molecule has 2 heterocycles. The molecule has 2 aromatic heterocycles. The van der Waals surface area contributed by atoms with Gasteiger partial charge >= 0.3 is 0 Å². The van der Waals surface area contributed by atoms with Crippen LogP contribution in [-0.2, 0) is 0 Å². The summed E-state index contributed by atoms with van der Waals surface area (Å²) >= 11 is 0. The van der Waals surface area contributed by atoms with Crippen molar-refractivity contribution in [3.63, 3.8) is 0 Å². The normalized spacial score (nSPS) is 10.2. The Morgan fingerprint density at radius 1 is 1.27 bits per heavy atom. The average Bonchev–Trinajstić information content (AvgIpc) is 3.00. The van der Waals surface area contributed by atoms with Crippen LogP contribution < -0.4 is 10.6 Å². The Hall–Kier alpha value is -3.36. The molecule has 9 heteroatoms. The highest BCUT2D eigenvalue weighted by molar-refractivity contribution is 6.01. The van der Waals surface area contributed by atoms with Crippen LogP contribution in [0.1, 0.15) is 16.1 Å². The SMILES string of the molecule is Cc1cccc(Nc2cncc(C(=O)Nc3nn[nH]n3)n2)c1. The molecule has 0 spiro atoms. The van der Waals surface area contributed by atoms with Gasteiger partial charge in [0.15, 0.2) is 0 Å². The highest BCUT2D eigenvalue weighted by Gasteiger charge is 2.11. The van der Waals surface area contributed by atoms with Crippen molar-refractivity contribution >= 4 is 23.4 Å². The van der Waals surface area contributed by atoms with Gasteiger partial charge in [0.1, 0.15) is 11.5 Å². The van der Waals surface area contributed by atoms with E-state index in [0.29, 0.717) is 5.82 Å². The van der Waals surface area contributed by atoms with E-state index in [9.17, 15) is 4.79 Å². The van der Waals surface area contributed by atoms with Crippen LogP contribution in [0.3, 0.4) is 0 Å². The minimum atomic E-state index is -0.471. The first-order valence-corrected chi connectivity index (χ1v) is 6.41. The topological polar surface area (TPSA) is 121 Å². The van der Waals surface area contributed by atoms with Gasteiger partial charge in [0.25, 0.3) is 11.9 Å². The van der Waals surface area contributed by atoms with Crippen LogP contribution in [0.2, 0.25) is 0 Å². The highest BCUT2D eigenvalue weighted by Crippen LogP contribution is 2.15. The molecule has 0 aliphatic heterocycles. The van der Waals surface area contributed by atoms with Crippen molar-refractivity contribution in [2.24, 2.45) is 0 Å². The molecular formula is C13H12N8O. The van der Waals surface area contributed by atoms with Gasteiger partial charge in [-0.15, -0.1) is 5.10 Å². The van der Waals surface area contributed by atoms with Crippen LogP contribution in [0.5, 0.6) is 0 Å². The van der Waals surface area contributed by atoms with E-state index in [1.807, 2.05) is 31.2 Å². The number of aromatic nitrogens is 6. The number of hydrogen-bond acceptors (Lipinski definition) is 7. The zero-order valence-corrected chi connectivity index (χ0v) is 11.6. The number of rotatable bonds is 4. The Morgan fingerprint density at radius 2 is 2.18 bits per heavy atom. The predicted molar refractivity (Wildman–Crippen MR) is 78.6 cm³/mol. The van der Waals surface area contributed by atoms with Gasteiger partial charge in [-0.2, -0.15) is 5.21 Å². The number of aryl methyl sites for hydroxylation is 1. The van der Waals surface area contributed by atoms with E-state index in [0.717, 1.165) is 11.3 Å². The summed E-state index contributed by atoms with van der Waals surface area (Å²) in [5.41, 5.74) is 2.12. The fourth-order valence-electron chi connectivity index (χ4n) is 1.79. The molecule has 0 saturated heterocycles. The Morgan fingerprint density at radius 3 is 2.95 bits per heavy atom. The number of nitrogens with zero attached hydrogens (tertiary/aromatic N) is 5. The number of aromatic amines is 1. The molecule has 0 unspecified atom stereocenters. The first-order valence-electron chi connectivity index (χ1n) is 6.41. The minimum Gasteiger partial charge on any atom is -0.339 e. The third-order valence-corrected chi connectivity index (χ3v) is 2.73. The second-order valence-electron chi connectivity index (χ2n) is 4.47. The van der Waals surface area contributed by atoms with Crippen LogP contribution in [0, 0.1) is 6.92 Å². The van der Waals surface area contributed by atoms with E-state index in [1.54, 1.807) is 0 Å². The van der Waals surface area contributed by atoms with Crippen LogP contribution in [0.4, 0.5) is 17.5 Å². The third-order valence-electron chi connectivity index (χ3n) is 2.73. The van der Waals surface area contributed by atoms with Crippen molar-refractivity contribution in [2.75, 3.05) is 10.6 Å². The Balaban J connectivity index is 1.76. The van der Waals surface area contributed by atoms with Gasteiger partial charge in [0.2, 0.25) is 0 Å². The summed E-state index contributed by atoms with van der Waals surface area (Å²) < 4.78 is 0. The molecule has 3 N–H and O–H groups in total. The van der Waals surface area contributed by atoms with Crippen molar-refractivity contribution in [3.05, 3.63) is 47.9 Å². The van der Waals surface area contributed by atoms with E-state index in [4.69, 9.17) is 0 Å². The lowest BCUT2D eigenvalue weighted by atomic mass is 10.2. The lowest BCUT2D eigenvalue weighted by Gasteiger charge is -2.07. The summed E-state index contributed by atoms with van der Waals surface area (Å²) in [4.78, 5) is 20.2. The Labute approximate surface area is 125 Å². The minimum absolute atomic E-state index is 0.0730. The second kappa shape index (κ2) is 5.95. The smallest absolute Gasteiger partial charge is 0.278 e. The van der Waals surface area contributed by atoms with Gasteiger partial charge in [-0.3, -0.25) is 15.1 Å². The molecule has 22 heavy (non-hydrogen) atoms. The summed E-state index contributed by atoms with van der Waals surface area (Å²) in [5.74, 6) is 0.0667. The second-order valence-corrected chi connectivity index (χ2v) is 4.47. The zero-order chi connectivity index (χ0) is 15.4. The quantitative estimate of drug-likeness (QED) is 0.663. The lowest BCUT2D eigenvalue weighted by molar-refractivity contribution is 0.102. The molecule has 1 aromatic carbocycles. The molecule has 0 aliphatic carbocycles. The number of H-pyrrole nitrogens is 1. The van der Waals surface area contributed by atoms with Crippen molar-refractivity contribution in [2.45, 2.75) is 6.92 Å². The summed E-state index contributed by atoms with van der Waals surface area (Å²) in [6.07, 6.45) is 2.89. The highest BCUT2D eigenvalue weighted by atomic mass is 16.2. The lowest BCUT2D eigenvalue weighted by Crippen LogP contribution is -2.15. The largest absolute Gasteiger partial charge is 0.339 e. The predicted octanol–water partition coefficient (Wildman–Crippen LogP) is 1.29. The van der Waals surface area contributed by atoms with Crippen LogP contribution in [0.25, 0.3) is 0 Å². The molecule has 0 atom stereocenters. The van der Waals surface area contributed by atoms with Gasteiger partial charge in [0.05, 0.1) is 12.4 Å². The Kier molecular flexibility index (Phi) is 3.69. The standard InChI is InChI=1S/C13H12N8O/c1-8-3-2-4-9(5-8)15-11-7-14-6-10(16-11)12(22)17-13-18-20-21-19-13/h2-7H,1H3,(H,15,16)(H2,17,18,19,20,21,22). The number of benzene rings is 1. The maximum atomic E-state index is 12.0. The fourth-order valence-corrected chi connectivity index (χ4v) is 1.79. The monoisotopic (exact) mass is 296 g/mol. The number of carbonyl (C=O) groups is 1. The third kappa shape index (κ3) is 3.20. The summed E-state index contributed by atoms with van der Waals surface area (Å²) in [6.45, 7) is 1.99. The summed E-state index contributed by atoms with van der Waals surface area (Å²) in [6, 6.07) is 7.79. The molecule has 0 fully saturated rings.